The van der Waals surface area contributed by atoms with Gasteiger partial charge in [-0.15, -0.1) is 0 Å². The Morgan fingerprint density at radius 1 is 1.11 bits per heavy atom. The van der Waals surface area contributed by atoms with Crippen molar-refractivity contribution < 1.29 is 9.59 Å². The van der Waals surface area contributed by atoms with E-state index in [2.05, 4.69) is 10.3 Å². The van der Waals surface area contributed by atoms with Gasteiger partial charge in [0.25, 0.3) is 0 Å². The minimum Gasteiger partial charge on any atom is -0.326 e. The molecule has 0 unspecified atom stereocenters. The summed E-state index contributed by atoms with van der Waals surface area (Å²) in [5.41, 5.74) is 1.43. The lowest BCUT2D eigenvalue weighted by molar-refractivity contribution is -0.114. The molecule has 2 aromatic rings. The number of nitrogens with one attached hydrogen (secondary N) is 1. The third kappa shape index (κ3) is 2.60. The Kier molecular flexibility index (Phi) is 3.48. The highest BCUT2D eigenvalue weighted by Gasteiger charge is 2.13. The largest absolute Gasteiger partial charge is 0.326 e. The van der Waals surface area contributed by atoms with Gasteiger partial charge in [-0.05, 0) is 6.07 Å². The number of rotatable bonds is 3. The highest BCUT2D eigenvalue weighted by molar-refractivity contribution is 6.13. The number of nitrogens with zero attached hydrogens (tertiary/aromatic N) is 1. The van der Waals surface area contributed by atoms with Crippen molar-refractivity contribution in [2.75, 3.05) is 5.32 Å². The van der Waals surface area contributed by atoms with Crippen LogP contribution < -0.4 is 5.32 Å². The minimum atomic E-state index is -0.219. The van der Waals surface area contributed by atoms with Crippen molar-refractivity contribution in [3.8, 4) is 0 Å². The van der Waals surface area contributed by atoms with E-state index in [9.17, 15) is 9.59 Å². The molecule has 0 radical (unpaired) electrons. The second-order valence-electron chi connectivity index (χ2n) is 3.80. The number of carbonyl (C=O) groups excluding carboxylic acids is 2. The smallest absolute Gasteiger partial charge is 0.221 e. The second-order valence-corrected chi connectivity index (χ2v) is 3.80. The lowest BCUT2D eigenvalue weighted by atomic mass is 10.0. The first-order valence-electron chi connectivity index (χ1n) is 5.50. The zero-order chi connectivity index (χ0) is 13.0. The molecule has 0 saturated heterocycles. The van der Waals surface area contributed by atoms with Crippen molar-refractivity contribution in [2.45, 2.75) is 6.92 Å². The van der Waals surface area contributed by atoms with Crippen molar-refractivity contribution in [1.29, 1.82) is 0 Å². The fourth-order valence-electron chi connectivity index (χ4n) is 1.62. The van der Waals surface area contributed by atoms with Crippen LogP contribution >= 0.6 is 0 Å². The summed E-state index contributed by atoms with van der Waals surface area (Å²) in [7, 11) is 0. The van der Waals surface area contributed by atoms with Crippen molar-refractivity contribution >= 4 is 17.4 Å². The summed E-state index contributed by atoms with van der Waals surface area (Å²) >= 11 is 0. The molecular formula is C14H12N2O2. The van der Waals surface area contributed by atoms with E-state index < -0.39 is 0 Å². The van der Waals surface area contributed by atoms with Crippen molar-refractivity contribution in [3.63, 3.8) is 0 Å². The average Bonchev–Trinajstić information content (AvgIpc) is 2.39. The molecule has 0 fully saturated rings. The molecule has 0 bridgehead atoms. The first-order valence-corrected chi connectivity index (χ1v) is 5.50. The van der Waals surface area contributed by atoms with E-state index in [4.69, 9.17) is 0 Å². The molecule has 0 spiro atoms. The number of anilines is 1. The average molecular weight is 240 g/mol. The van der Waals surface area contributed by atoms with Crippen LogP contribution in [0.1, 0.15) is 22.8 Å². The minimum absolute atomic E-state index is 0.160. The third-order valence-electron chi connectivity index (χ3n) is 2.41. The summed E-state index contributed by atoms with van der Waals surface area (Å²) in [5, 5.41) is 2.62. The molecule has 18 heavy (non-hydrogen) atoms. The van der Waals surface area contributed by atoms with Gasteiger partial charge in [0.05, 0.1) is 11.3 Å². The molecular weight excluding hydrogens is 228 g/mol. The van der Waals surface area contributed by atoms with Crippen LogP contribution in [0, 0.1) is 0 Å². The number of hydrogen-bond acceptors (Lipinski definition) is 3. The molecule has 0 aliphatic rings. The molecule has 1 aromatic heterocycles. The molecule has 0 atom stereocenters. The summed E-state index contributed by atoms with van der Waals surface area (Å²) in [5.74, 6) is -0.379. The highest BCUT2D eigenvalue weighted by atomic mass is 16.1. The lowest BCUT2D eigenvalue weighted by Crippen LogP contribution is -2.12. The van der Waals surface area contributed by atoms with Crippen LogP contribution in [-0.4, -0.2) is 16.7 Å². The predicted octanol–water partition coefficient (Wildman–Crippen LogP) is 2.27. The van der Waals surface area contributed by atoms with Gasteiger partial charge in [0.15, 0.2) is 5.78 Å². The predicted molar refractivity (Wildman–Crippen MR) is 68.4 cm³/mol. The van der Waals surface area contributed by atoms with E-state index in [1.54, 1.807) is 30.3 Å². The molecule has 90 valence electrons. The topological polar surface area (TPSA) is 59.1 Å². The van der Waals surface area contributed by atoms with Gasteiger partial charge in [-0.3, -0.25) is 14.6 Å². The number of ketones is 1. The van der Waals surface area contributed by atoms with Crippen LogP contribution in [0.2, 0.25) is 0 Å². The van der Waals surface area contributed by atoms with E-state index >= 15 is 0 Å². The van der Waals surface area contributed by atoms with Crippen LogP contribution in [0.3, 0.4) is 0 Å². The maximum absolute atomic E-state index is 12.3. The van der Waals surface area contributed by atoms with E-state index in [1.165, 1.54) is 19.3 Å². The van der Waals surface area contributed by atoms with Gasteiger partial charge in [0.1, 0.15) is 0 Å². The van der Waals surface area contributed by atoms with Crippen LogP contribution in [0.15, 0.2) is 48.8 Å². The number of benzene rings is 1. The Morgan fingerprint density at radius 3 is 2.50 bits per heavy atom. The highest BCUT2D eigenvalue weighted by Crippen LogP contribution is 2.17. The molecule has 4 heteroatoms. The lowest BCUT2D eigenvalue weighted by Gasteiger charge is -2.08. The molecule has 0 aliphatic carbocycles. The van der Waals surface area contributed by atoms with Gasteiger partial charge in [0, 0.05) is 24.9 Å². The van der Waals surface area contributed by atoms with Gasteiger partial charge in [-0.1, -0.05) is 30.3 Å². The maximum Gasteiger partial charge on any atom is 0.221 e. The summed E-state index contributed by atoms with van der Waals surface area (Å²) < 4.78 is 0. The Balaban J connectivity index is 2.39. The Labute approximate surface area is 105 Å². The SMILES string of the molecule is CC(=O)Nc1ccncc1C(=O)c1ccccc1. The summed E-state index contributed by atoms with van der Waals surface area (Å²) in [6.07, 6.45) is 2.99. The fraction of sp³-hybridized carbons (Fsp3) is 0.0714. The van der Waals surface area contributed by atoms with Gasteiger partial charge in [-0.2, -0.15) is 0 Å². The van der Waals surface area contributed by atoms with Crippen LogP contribution in [0.25, 0.3) is 0 Å². The molecule has 2 rings (SSSR count). The number of pyridine rings is 1. The van der Waals surface area contributed by atoms with E-state index in [1.807, 2.05) is 6.07 Å². The molecule has 1 heterocycles. The first-order chi connectivity index (χ1) is 8.68. The summed E-state index contributed by atoms with van der Waals surface area (Å²) in [6, 6.07) is 10.5. The second kappa shape index (κ2) is 5.23. The Morgan fingerprint density at radius 2 is 1.83 bits per heavy atom. The molecule has 1 aromatic carbocycles. The van der Waals surface area contributed by atoms with Gasteiger partial charge < -0.3 is 5.32 Å². The molecule has 1 N–H and O–H groups in total. The fourth-order valence-corrected chi connectivity index (χ4v) is 1.62. The number of aromatic nitrogens is 1. The van der Waals surface area contributed by atoms with E-state index in [0.29, 0.717) is 16.8 Å². The van der Waals surface area contributed by atoms with Gasteiger partial charge >= 0.3 is 0 Å². The van der Waals surface area contributed by atoms with Crippen molar-refractivity contribution in [2.24, 2.45) is 0 Å². The molecule has 1 amide bonds. The Hall–Kier alpha value is -2.49. The van der Waals surface area contributed by atoms with Crippen molar-refractivity contribution in [3.05, 3.63) is 59.9 Å². The molecule has 4 nitrogen and oxygen atoms in total. The third-order valence-corrected chi connectivity index (χ3v) is 2.41. The van der Waals surface area contributed by atoms with Crippen LogP contribution in [0.5, 0.6) is 0 Å². The van der Waals surface area contributed by atoms with E-state index in [0.717, 1.165) is 0 Å². The summed E-state index contributed by atoms with van der Waals surface area (Å²) in [6.45, 7) is 1.40. The quantitative estimate of drug-likeness (QED) is 0.837. The maximum atomic E-state index is 12.3. The Bertz CT molecular complexity index is 579. The number of amides is 1. The normalized spacial score (nSPS) is 9.83. The number of hydrogen-bond donors (Lipinski definition) is 1. The zero-order valence-corrected chi connectivity index (χ0v) is 9.88. The number of carbonyl (C=O) groups is 2. The molecule has 0 aliphatic heterocycles. The first kappa shape index (κ1) is 12.0. The van der Waals surface area contributed by atoms with Crippen molar-refractivity contribution in [1.82, 2.24) is 4.98 Å². The van der Waals surface area contributed by atoms with Gasteiger partial charge in [0.2, 0.25) is 5.91 Å². The summed E-state index contributed by atoms with van der Waals surface area (Å²) in [4.78, 5) is 27.3. The standard InChI is InChI=1S/C14H12N2O2/c1-10(17)16-13-7-8-15-9-12(13)14(18)11-5-3-2-4-6-11/h2-9H,1H3,(H,15,16,17). The van der Waals surface area contributed by atoms with Crippen LogP contribution in [-0.2, 0) is 4.79 Å². The zero-order valence-electron chi connectivity index (χ0n) is 9.88. The molecule has 0 saturated carbocycles. The van der Waals surface area contributed by atoms with Crippen LogP contribution in [0.4, 0.5) is 5.69 Å². The van der Waals surface area contributed by atoms with Gasteiger partial charge in [-0.25, -0.2) is 0 Å². The monoisotopic (exact) mass is 240 g/mol. The van der Waals surface area contributed by atoms with E-state index in [-0.39, 0.29) is 11.7 Å².